The van der Waals surface area contributed by atoms with Crippen molar-refractivity contribution < 1.29 is 22.7 Å². The zero-order valence-electron chi connectivity index (χ0n) is 17.6. The molecule has 31 heavy (non-hydrogen) atoms. The van der Waals surface area contributed by atoms with Gasteiger partial charge in [0.2, 0.25) is 0 Å². The summed E-state index contributed by atoms with van der Waals surface area (Å²) in [5.41, 5.74) is 0.108. The fourth-order valence-corrected chi connectivity index (χ4v) is 5.26. The Bertz CT molecular complexity index is 1130. The predicted molar refractivity (Wildman–Crippen MR) is 113 cm³/mol. The highest BCUT2D eigenvalue weighted by Crippen LogP contribution is 2.19. The number of esters is 1. The van der Waals surface area contributed by atoms with Crippen LogP contribution < -0.4 is 5.56 Å². The third kappa shape index (κ3) is 5.87. The molecule has 1 aliphatic heterocycles. The van der Waals surface area contributed by atoms with E-state index >= 15 is 0 Å². The maximum Gasteiger partial charge on any atom is 0.308 e. The summed E-state index contributed by atoms with van der Waals surface area (Å²) in [5, 5.41) is 8.17. The monoisotopic (exact) mass is 450 g/mol. The Morgan fingerprint density at radius 1 is 1.29 bits per heavy atom. The fraction of sp³-hybridized carbons (Fsp3) is 0.550. The van der Waals surface area contributed by atoms with E-state index in [4.69, 9.17) is 4.74 Å². The number of aryl methyl sites for hydroxylation is 1. The molecule has 11 heteroatoms. The third-order valence-corrected chi connectivity index (χ3v) is 6.80. The van der Waals surface area contributed by atoms with E-state index in [-0.39, 0.29) is 35.9 Å². The SMILES string of the molecule is CC(C)CN(C(=O)COC(=O)CCn1nnc2ccccc2c1=O)C1CCS(=O)(=O)C1. The molecule has 1 aliphatic rings. The molecule has 10 nitrogen and oxygen atoms in total. The van der Waals surface area contributed by atoms with Crippen molar-refractivity contribution in [3.63, 3.8) is 0 Å². The Morgan fingerprint density at radius 3 is 2.71 bits per heavy atom. The summed E-state index contributed by atoms with van der Waals surface area (Å²) in [6.07, 6.45) is 0.237. The number of hydrogen-bond acceptors (Lipinski definition) is 8. The molecule has 0 aliphatic carbocycles. The average molecular weight is 451 g/mol. The lowest BCUT2D eigenvalue weighted by molar-refractivity contribution is -0.153. The first-order valence-electron chi connectivity index (χ1n) is 10.1. The molecular weight excluding hydrogens is 424 g/mol. The Kier molecular flexibility index (Phi) is 7.04. The van der Waals surface area contributed by atoms with Crippen LogP contribution in [0.2, 0.25) is 0 Å². The van der Waals surface area contributed by atoms with Crippen molar-refractivity contribution in [2.24, 2.45) is 5.92 Å². The molecule has 0 N–H and O–H groups in total. The zero-order chi connectivity index (χ0) is 22.6. The van der Waals surface area contributed by atoms with Crippen molar-refractivity contribution >= 4 is 32.6 Å². The summed E-state index contributed by atoms with van der Waals surface area (Å²) in [6, 6.07) is 6.37. The molecular formula is C20H26N4O6S. The van der Waals surface area contributed by atoms with Crippen molar-refractivity contribution in [1.29, 1.82) is 0 Å². The molecule has 1 fully saturated rings. The lowest BCUT2D eigenvalue weighted by Crippen LogP contribution is -2.45. The van der Waals surface area contributed by atoms with Crippen LogP contribution in [0.25, 0.3) is 10.9 Å². The number of ether oxygens (including phenoxy) is 1. The molecule has 1 saturated heterocycles. The molecule has 1 aromatic carbocycles. The summed E-state index contributed by atoms with van der Waals surface area (Å²) >= 11 is 0. The second kappa shape index (κ2) is 9.54. The normalized spacial score (nSPS) is 17.7. The van der Waals surface area contributed by atoms with Gasteiger partial charge >= 0.3 is 5.97 Å². The van der Waals surface area contributed by atoms with E-state index in [0.29, 0.717) is 23.9 Å². The van der Waals surface area contributed by atoms with Gasteiger partial charge in [-0.05, 0) is 24.5 Å². The number of fused-ring (bicyclic) bond motifs is 1. The van der Waals surface area contributed by atoms with Gasteiger partial charge in [0.25, 0.3) is 11.5 Å². The maximum absolute atomic E-state index is 12.6. The molecule has 3 rings (SSSR count). The van der Waals surface area contributed by atoms with Crippen LogP contribution in [0.1, 0.15) is 26.7 Å². The van der Waals surface area contributed by atoms with Crippen LogP contribution in [0.15, 0.2) is 29.1 Å². The number of sulfone groups is 1. The van der Waals surface area contributed by atoms with E-state index in [9.17, 15) is 22.8 Å². The minimum absolute atomic E-state index is 0.0275. The van der Waals surface area contributed by atoms with Crippen LogP contribution in [0.4, 0.5) is 0 Å². The molecule has 2 aromatic rings. The third-order valence-electron chi connectivity index (χ3n) is 5.05. The molecule has 0 spiro atoms. The van der Waals surface area contributed by atoms with Crippen molar-refractivity contribution in [2.75, 3.05) is 24.7 Å². The smallest absolute Gasteiger partial charge is 0.308 e. The zero-order valence-corrected chi connectivity index (χ0v) is 18.4. The van der Waals surface area contributed by atoms with Gasteiger partial charge in [0.05, 0.1) is 29.9 Å². The van der Waals surface area contributed by atoms with Crippen molar-refractivity contribution in [3.05, 3.63) is 34.6 Å². The van der Waals surface area contributed by atoms with Crippen LogP contribution in [-0.2, 0) is 30.7 Å². The first kappa shape index (κ1) is 22.9. The average Bonchev–Trinajstić information content (AvgIpc) is 3.09. The van der Waals surface area contributed by atoms with Gasteiger partial charge in [-0.3, -0.25) is 14.4 Å². The van der Waals surface area contributed by atoms with E-state index < -0.39 is 34.4 Å². The van der Waals surface area contributed by atoms with Gasteiger partial charge in [-0.25, -0.2) is 13.1 Å². The number of rotatable bonds is 8. The van der Waals surface area contributed by atoms with Gasteiger partial charge in [0, 0.05) is 12.6 Å². The van der Waals surface area contributed by atoms with E-state index in [1.165, 1.54) is 4.90 Å². The Morgan fingerprint density at radius 2 is 2.03 bits per heavy atom. The van der Waals surface area contributed by atoms with E-state index in [2.05, 4.69) is 10.3 Å². The standard InChI is InChI=1S/C20H26N4O6S/c1-14(2)11-23(15-8-10-31(28,29)13-15)18(25)12-30-19(26)7-9-24-20(27)16-5-3-4-6-17(16)21-22-24/h3-6,14-15H,7-13H2,1-2H3. The number of carbonyl (C=O) groups excluding carboxylic acids is 2. The number of benzene rings is 1. The summed E-state index contributed by atoms with van der Waals surface area (Å²) < 4.78 is 29.7. The first-order valence-corrected chi connectivity index (χ1v) is 12.0. The summed E-state index contributed by atoms with van der Waals surface area (Å²) in [7, 11) is -3.15. The fourth-order valence-electron chi connectivity index (χ4n) is 3.53. The number of aromatic nitrogens is 3. The highest BCUT2D eigenvalue weighted by molar-refractivity contribution is 7.91. The molecule has 2 heterocycles. The van der Waals surface area contributed by atoms with Crippen LogP contribution in [0.5, 0.6) is 0 Å². The number of nitrogens with zero attached hydrogens (tertiary/aromatic N) is 4. The quantitative estimate of drug-likeness (QED) is 0.529. The minimum Gasteiger partial charge on any atom is -0.456 e. The van der Waals surface area contributed by atoms with E-state index in [0.717, 1.165) is 4.68 Å². The van der Waals surface area contributed by atoms with Crippen molar-refractivity contribution in [2.45, 2.75) is 39.3 Å². The predicted octanol–water partition coefficient (Wildman–Crippen LogP) is 0.397. The topological polar surface area (TPSA) is 129 Å². The van der Waals surface area contributed by atoms with Gasteiger partial charge in [-0.1, -0.05) is 31.2 Å². The lowest BCUT2D eigenvalue weighted by atomic mass is 10.1. The van der Waals surface area contributed by atoms with Gasteiger partial charge in [-0.15, -0.1) is 5.10 Å². The molecule has 168 valence electrons. The number of amides is 1. The van der Waals surface area contributed by atoms with Gasteiger partial charge in [0.15, 0.2) is 16.4 Å². The van der Waals surface area contributed by atoms with E-state index in [1.807, 2.05) is 13.8 Å². The lowest BCUT2D eigenvalue weighted by Gasteiger charge is -2.29. The Labute approximate surface area is 180 Å². The molecule has 0 saturated carbocycles. The minimum atomic E-state index is -3.15. The Balaban J connectivity index is 1.56. The van der Waals surface area contributed by atoms with Gasteiger partial charge < -0.3 is 9.64 Å². The van der Waals surface area contributed by atoms with Crippen molar-refractivity contribution in [3.8, 4) is 0 Å². The second-order valence-corrected chi connectivity index (χ2v) is 10.3. The molecule has 1 amide bonds. The molecule has 1 atom stereocenters. The number of carbonyl (C=O) groups is 2. The van der Waals surface area contributed by atoms with Crippen LogP contribution in [0.3, 0.4) is 0 Å². The second-order valence-electron chi connectivity index (χ2n) is 8.04. The molecule has 0 bridgehead atoms. The number of hydrogen-bond donors (Lipinski definition) is 0. The molecule has 1 aromatic heterocycles. The van der Waals surface area contributed by atoms with Gasteiger partial charge in [-0.2, -0.15) is 0 Å². The van der Waals surface area contributed by atoms with Crippen LogP contribution in [0, 0.1) is 5.92 Å². The van der Waals surface area contributed by atoms with E-state index in [1.54, 1.807) is 24.3 Å². The largest absolute Gasteiger partial charge is 0.456 e. The molecule has 1 unspecified atom stereocenters. The first-order chi connectivity index (χ1) is 14.7. The van der Waals surface area contributed by atoms with Crippen LogP contribution in [-0.4, -0.2) is 70.9 Å². The summed E-state index contributed by atoms with van der Waals surface area (Å²) in [6.45, 7) is 3.75. The maximum atomic E-state index is 12.6. The summed E-state index contributed by atoms with van der Waals surface area (Å²) in [5.74, 6) is -0.948. The van der Waals surface area contributed by atoms with Crippen molar-refractivity contribution in [1.82, 2.24) is 19.9 Å². The highest BCUT2D eigenvalue weighted by atomic mass is 32.2. The van der Waals surface area contributed by atoms with Gasteiger partial charge in [0.1, 0.15) is 5.52 Å². The molecule has 0 radical (unpaired) electrons. The highest BCUT2D eigenvalue weighted by Gasteiger charge is 2.35. The van der Waals surface area contributed by atoms with Crippen LogP contribution >= 0.6 is 0 Å². The Hall–Kier alpha value is -2.82. The summed E-state index contributed by atoms with van der Waals surface area (Å²) in [4.78, 5) is 38.6.